The Balaban J connectivity index is 4.56. The summed E-state index contributed by atoms with van der Waals surface area (Å²) in [6.07, 6.45) is 3.69. The van der Waals surface area contributed by atoms with Gasteiger partial charge in [-0.1, -0.05) is 95.2 Å². The van der Waals surface area contributed by atoms with Gasteiger partial charge < -0.3 is 71.5 Å². The van der Waals surface area contributed by atoms with Crippen LogP contribution in [0.3, 0.4) is 0 Å². The zero-order chi connectivity index (χ0) is 72.0. The highest BCUT2D eigenvalue weighted by Gasteiger charge is 2.47. The van der Waals surface area contributed by atoms with Crippen molar-refractivity contribution in [1.29, 1.82) is 0 Å². The fraction of sp³-hybridized carbons (Fsp3) is 0.806. The number of nitrogens with one attached hydrogen (secondary N) is 4. The molecule has 1 fully saturated rings. The molecule has 534 valence electrons. The van der Waals surface area contributed by atoms with Crippen molar-refractivity contribution in [2.45, 2.75) is 247 Å². The molecule has 1 saturated heterocycles. The van der Waals surface area contributed by atoms with E-state index in [0.717, 1.165) is 9.80 Å². The largest absolute Gasteiger partial charge is 0.390 e. The first-order valence-electron chi connectivity index (χ1n) is 33.3. The number of carbonyl (C=O) groups is 11. The number of thioether (sulfide) groups is 1. The average molecular weight is 1340 g/mol. The maximum atomic E-state index is 15.3. The molecule has 26 heteroatoms. The number of allylic oxidation sites excluding steroid dienone is 2. The highest BCUT2D eigenvalue weighted by atomic mass is 32.2. The molecule has 0 radical (unpaired) electrons. The molecular formula is C67H122N12O13S. The second-order valence-electron chi connectivity index (χ2n) is 28.3. The molecule has 0 bridgehead atoms. The van der Waals surface area contributed by atoms with E-state index in [4.69, 9.17) is 5.73 Å². The topological polar surface area (TPSA) is 325 Å². The monoisotopic (exact) mass is 1330 g/mol. The minimum atomic E-state index is -1.66. The lowest BCUT2D eigenvalue weighted by atomic mass is 9.91. The molecule has 25 nitrogen and oxygen atoms in total. The summed E-state index contributed by atoms with van der Waals surface area (Å²) in [6.45, 7) is 29.3. The van der Waals surface area contributed by atoms with Gasteiger partial charge in [-0.05, 0) is 127 Å². The molecule has 11 amide bonds. The van der Waals surface area contributed by atoms with E-state index in [1.807, 2.05) is 41.5 Å². The molecule has 0 aliphatic carbocycles. The third-order valence-electron chi connectivity index (χ3n) is 17.4. The van der Waals surface area contributed by atoms with Gasteiger partial charge >= 0.3 is 0 Å². The lowest BCUT2D eigenvalue weighted by molar-refractivity contribution is -0.157. The number of aliphatic hydroxyl groups is 2. The van der Waals surface area contributed by atoms with Gasteiger partial charge in [0.25, 0.3) is 0 Å². The normalized spacial score (nSPS) is 26.6. The smallest absolute Gasteiger partial charge is 0.246 e. The zero-order valence-electron chi connectivity index (χ0n) is 60.8. The van der Waals surface area contributed by atoms with Crippen molar-refractivity contribution < 1.29 is 63.0 Å². The SMILES string of the molecule is CC=CC[C@@H](C)[C@@H](O)[C@H]1C(=O)N[C@@H](CC)C(=O)N(C)[C@H](CSCCCCN)C(=O)N(C)[C@@H](CC(C)(C)O)C(=O)N[C@@H](C(C)C)C(=O)N(C)[C@@H](CC(C)C)C(=O)N[C@@H](C)C(=O)N[C@H](C)C(=O)N(C)[C@@H](CC(C)C)C(=O)N(C)[C@@H](CC(C)C)C(=O)N(C)[C@@H](C(C)C)C(=O)N1C. The summed E-state index contributed by atoms with van der Waals surface area (Å²) < 4.78 is 0. The molecule has 0 saturated carbocycles. The van der Waals surface area contributed by atoms with E-state index in [9.17, 15) is 34.2 Å². The third kappa shape index (κ3) is 25.0. The number of hydrogen-bond donors (Lipinski definition) is 7. The van der Waals surface area contributed by atoms with Gasteiger partial charge in [0.1, 0.15) is 66.5 Å². The molecule has 0 aromatic carbocycles. The predicted octanol–water partition coefficient (Wildman–Crippen LogP) is 3.22. The van der Waals surface area contributed by atoms with Gasteiger partial charge in [0.2, 0.25) is 65.0 Å². The molecule has 0 aromatic heterocycles. The number of aliphatic hydroxyl groups excluding tert-OH is 1. The average Bonchev–Trinajstić information content (AvgIpc) is 0.853. The Morgan fingerprint density at radius 1 is 0.516 bits per heavy atom. The number of nitrogens with zero attached hydrogens (tertiary/aromatic N) is 7. The summed E-state index contributed by atoms with van der Waals surface area (Å²) in [5.41, 5.74) is 4.23. The van der Waals surface area contributed by atoms with Gasteiger partial charge in [-0.15, -0.1) is 0 Å². The van der Waals surface area contributed by atoms with Crippen LogP contribution in [0.25, 0.3) is 0 Å². The van der Waals surface area contributed by atoms with Crippen LogP contribution in [0, 0.1) is 35.5 Å². The van der Waals surface area contributed by atoms with Gasteiger partial charge in [0, 0.05) is 61.5 Å². The van der Waals surface area contributed by atoms with Gasteiger partial charge in [0.15, 0.2) is 0 Å². The van der Waals surface area contributed by atoms with E-state index in [0.29, 0.717) is 25.1 Å². The first kappa shape index (κ1) is 85.2. The first-order chi connectivity index (χ1) is 43.0. The van der Waals surface area contributed by atoms with Gasteiger partial charge in [0.05, 0.1) is 11.7 Å². The molecule has 13 atom stereocenters. The van der Waals surface area contributed by atoms with E-state index in [2.05, 4.69) is 21.3 Å². The molecule has 0 aromatic rings. The van der Waals surface area contributed by atoms with Crippen LogP contribution in [0.1, 0.15) is 169 Å². The standard InChI is InChI=1S/C67H122N12O13S/c1-25-27-30-43(13)55(80)54-59(84)71-46(26-2)61(86)77(22)51(37-93-32-29-28-31-68)64(89)76(21)50(36-67(16,17)92)58(83)72-52(41(9)10)65(90)73(18)47(33-38(3)4)57(82)69-44(14)56(81)70-45(15)60(85)74(19)48(34-39(5)6)62(87)75(20)49(35-40(7)8)63(88)78(23)53(42(11)12)66(91)79(54)24/h25,27,38-55,80,92H,26,28-37,68H2,1-24H3,(H,69,82)(H,70,81)(H,71,84)(H,72,83)/t43-,44+,45-,46+,47+,48+,49+,50+,51-,52+,53+,54+,55-/m1/s1. The Bertz CT molecular complexity index is 2530. The summed E-state index contributed by atoms with van der Waals surface area (Å²) in [5.74, 6) is -9.79. The van der Waals surface area contributed by atoms with Gasteiger partial charge in [-0.25, -0.2) is 0 Å². The lowest BCUT2D eigenvalue weighted by Gasteiger charge is -2.41. The summed E-state index contributed by atoms with van der Waals surface area (Å²) in [4.78, 5) is 172. The van der Waals surface area contributed by atoms with Crippen molar-refractivity contribution in [2.24, 2.45) is 41.2 Å². The molecule has 8 N–H and O–H groups in total. The number of carbonyl (C=O) groups excluding carboxylic acids is 11. The van der Waals surface area contributed by atoms with Crippen LogP contribution in [-0.2, 0) is 52.7 Å². The minimum absolute atomic E-state index is 0.00722. The van der Waals surface area contributed by atoms with E-state index in [-0.39, 0.29) is 62.0 Å². The van der Waals surface area contributed by atoms with E-state index in [1.165, 1.54) is 113 Å². The Labute approximate surface area is 560 Å². The van der Waals surface area contributed by atoms with E-state index >= 15 is 28.8 Å². The molecule has 1 rings (SSSR count). The fourth-order valence-corrected chi connectivity index (χ4v) is 12.7. The number of unbranched alkanes of at least 4 members (excludes halogenated alkanes) is 1. The highest BCUT2D eigenvalue weighted by Crippen LogP contribution is 2.27. The quantitative estimate of drug-likeness (QED) is 0.0641. The van der Waals surface area contributed by atoms with Crippen molar-refractivity contribution in [3.05, 3.63) is 12.2 Å². The summed E-state index contributed by atoms with van der Waals surface area (Å²) in [5, 5.41) is 34.6. The third-order valence-corrected chi connectivity index (χ3v) is 18.5. The maximum Gasteiger partial charge on any atom is 0.246 e. The number of rotatable bonds is 21. The fourth-order valence-electron chi connectivity index (χ4n) is 11.5. The minimum Gasteiger partial charge on any atom is -0.390 e. The van der Waals surface area contributed by atoms with Crippen LogP contribution in [0.4, 0.5) is 0 Å². The van der Waals surface area contributed by atoms with Crippen molar-refractivity contribution in [2.75, 3.05) is 67.4 Å². The van der Waals surface area contributed by atoms with Crippen molar-refractivity contribution >= 4 is 76.7 Å². The second kappa shape index (κ2) is 39.2. The van der Waals surface area contributed by atoms with Crippen LogP contribution in [-0.4, -0.2) is 255 Å². The number of hydrogen-bond acceptors (Lipinski definition) is 15. The highest BCUT2D eigenvalue weighted by molar-refractivity contribution is 7.99. The Morgan fingerprint density at radius 2 is 0.957 bits per heavy atom. The second-order valence-corrected chi connectivity index (χ2v) is 29.4. The molecule has 0 unspecified atom stereocenters. The zero-order valence-corrected chi connectivity index (χ0v) is 61.6. The van der Waals surface area contributed by atoms with Crippen molar-refractivity contribution in [3.63, 3.8) is 0 Å². The van der Waals surface area contributed by atoms with Crippen LogP contribution in [0.5, 0.6) is 0 Å². The van der Waals surface area contributed by atoms with E-state index < -0.39 is 161 Å². The Kier molecular flexibility index (Phi) is 35.9. The number of likely N-dealkylation sites (N-methyl/N-ethyl adjacent to an activating group) is 7. The van der Waals surface area contributed by atoms with Crippen LogP contribution < -0.4 is 27.0 Å². The lowest BCUT2D eigenvalue weighted by Crippen LogP contribution is -2.64. The van der Waals surface area contributed by atoms with Crippen molar-refractivity contribution in [1.82, 2.24) is 55.6 Å². The molecule has 1 aliphatic heterocycles. The molecule has 0 spiro atoms. The molecular weight excluding hydrogens is 1210 g/mol. The first-order valence-corrected chi connectivity index (χ1v) is 34.5. The van der Waals surface area contributed by atoms with Gasteiger partial charge in [-0.2, -0.15) is 11.8 Å². The van der Waals surface area contributed by atoms with Gasteiger partial charge in [-0.3, -0.25) is 52.7 Å². The summed E-state index contributed by atoms with van der Waals surface area (Å²) in [6, 6.07) is -14.4. The summed E-state index contributed by atoms with van der Waals surface area (Å²) >= 11 is 1.36. The Morgan fingerprint density at radius 3 is 1.43 bits per heavy atom. The number of nitrogens with two attached hydrogens (primary N) is 1. The molecule has 93 heavy (non-hydrogen) atoms. The van der Waals surface area contributed by atoms with Crippen LogP contribution in [0.15, 0.2) is 12.2 Å². The van der Waals surface area contributed by atoms with Crippen LogP contribution >= 0.6 is 11.8 Å². The molecule has 1 aliphatic rings. The van der Waals surface area contributed by atoms with E-state index in [1.54, 1.807) is 60.6 Å². The van der Waals surface area contributed by atoms with Crippen molar-refractivity contribution in [3.8, 4) is 0 Å². The van der Waals surface area contributed by atoms with Crippen LogP contribution in [0.2, 0.25) is 0 Å². The molecule has 1 heterocycles. The Hall–Kier alpha value is -5.86. The number of amides is 11. The predicted molar refractivity (Wildman–Crippen MR) is 364 cm³/mol. The maximum absolute atomic E-state index is 15.3. The summed E-state index contributed by atoms with van der Waals surface area (Å²) in [7, 11) is 9.83.